The van der Waals surface area contributed by atoms with Gasteiger partial charge in [-0.1, -0.05) is 0 Å². The highest BCUT2D eigenvalue weighted by Crippen LogP contribution is 2.35. The van der Waals surface area contributed by atoms with Crippen molar-refractivity contribution in [3.05, 3.63) is 40.5 Å². The normalized spacial score (nSPS) is 16.0. The second-order valence-electron chi connectivity index (χ2n) is 5.43. The molecule has 2 aromatic heterocycles. The van der Waals surface area contributed by atoms with Gasteiger partial charge in [0.25, 0.3) is 0 Å². The number of hydrogen-bond acceptors (Lipinski definition) is 3. The van der Waals surface area contributed by atoms with Crippen molar-refractivity contribution in [2.75, 3.05) is 18.0 Å². The third-order valence-electron chi connectivity index (χ3n) is 3.78. The Balaban J connectivity index is 1.64. The summed E-state index contributed by atoms with van der Waals surface area (Å²) in [7, 11) is 0. The van der Waals surface area contributed by atoms with E-state index in [2.05, 4.69) is 30.5 Å². The van der Waals surface area contributed by atoms with Crippen molar-refractivity contribution in [3.8, 4) is 0 Å². The smallest absolute Gasteiger partial charge is 0.355 e. The molecule has 0 bridgehead atoms. The van der Waals surface area contributed by atoms with Gasteiger partial charge in [-0.2, -0.15) is 13.2 Å². The molecule has 0 aliphatic carbocycles. The topological polar surface area (TPSA) is 34.0 Å². The molecule has 0 radical (unpaired) electrons. The first-order chi connectivity index (χ1) is 10.3. The van der Waals surface area contributed by atoms with Gasteiger partial charge >= 0.3 is 6.18 Å². The van der Waals surface area contributed by atoms with E-state index >= 15 is 0 Å². The van der Waals surface area contributed by atoms with Gasteiger partial charge in [-0.25, -0.2) is 9.97 Å². The molecule has 0 atom stereocenters. The lowest BCUT2D eigenvalue weighted by molar-refractivity contribution is -0.137. The summed E-state index contributed by atoms with van der Waals surface area (Å²) < 4.78 is 40.3. The quantitative estimate of drug-likeness (QED) is 0.824. The van der Waals surface area contributed by atoms with Crippen LogP contribution in [0.2, 0.25) is 0 Å². The largest absolute Gasteiger partial charge is 0.417 e. The van der Waals surface area contributed by atoms with E-state index in [4.69, 9.17) is 0 Å². The highest BCUT2D eigenvalue weighted by Gasteiger charge is 2.34. The van der Waals surface area contributed by atoms with E-state index in [0.717, 1.165) is 37.7 Å². The molecule has 4 nitrogen and oxygen atoms in total. The van der Waals surface area contributed by atoms with Gasteiger partial charge in [0.2, 0.25) is 0 Å². The zero-order valence-corrected chi connectivity index (χ0v) is 13.4. The molecule has 8 heteroatoms. The van der Waals surface area contributed by atoms with E-state index in [1.807, 2.05) is 18.0 Å². The Morgan fingerprint density at radius 3 is 2.59 bits per heavy atom. The molecule has 1 aliphatic rings. The fourth-order valence-electron chi connectivity index (χ4n) is 2.55. The van der Waals surface area contributed by atoms with Gasteiger partial charge in [-0.15, -0.1) is 0 Å². The van der Waals surface area contributed by atoms with Crippen molar-refractivity contribution in [1.29, 1.82) is 0 Å². The maximum absolute atomic E-state index is 12.6. The van der Waals surface area contributed by atoms with Crippen LogP contribution in [0, 0.1) is 12.8 Å². The molecule has 2 aromatic rings. The lowest BCUT2D eigenvalue weighted by Crippen LogP contribution is -2.49. The lowest BCUT2D eigenvalue weighted by Gasteiger charge is -2.41. The Labute approximate surface area is 134 Å². The Hall–Kier alpha value is -1.57. The zero-order chi connectivity index (χ0) is 15.9. The number of aryl methyl sites for hydroxylation is 1. The molecule has 0 aromatic carbocycles. The summed E-state index contributed by atoms with van der Waals surface area (Å²) in [4.78, 5) is 10.1. The van der Waals surface area contributed by atoms with Gasteiger partial charge in [0.15, 0.2) is 0 Å². The van der Waals surface area contributed by atoms with Crippen molar-refractivity contribution in [1.82, 2.24) is 14.5 Å². The number of halogens is 4. The van der Waals surface area contributed by atoms with Gasteiger partial charge in [-0.05, 0) is 28.9 Å². The van der Waals surface area contributed by atoms with Crippen LogP contribution in [0.3, 0.4) is 0 Å². The van der Waals surface area contributed by atoms with Crippen molar-refractivity contribution in [3.63, 3.8) is 0 Å². The number of rotatable bonds is 3. The number of nitrogens with zero attached hydrogens (tertiary/aromatic N) is 4. The SMILES string of the molecule is Cc1nccn1CC1CN(c2ncc(C(F)(F)F)cc2Br)C1. The van der Waals surface area contributed by atoms with E-state index in [1.54, 1.807) is 6.20 Å². The van der Waals surface area contributed by atoms with Crippen LogP contribution in [-0.4, -0.2) is 27.6 Å². The van der Waals surface area contributed by atoms with Crippen molar-refractivity contribution < 1.29 is 13.2 Å². The highest BCUT2D eigenvalue weighted by molar-refractivity contribution is 9.10. The van der Waals surface area contributed by atoms with Crippen LogP contribution >= 0.6 is 15.9 Å². The summed E-state index contributed by atoms with van der Waals surface area (Å²) in [5.74, 6) is 1.97. The maximum atomic E-state index is 12.6. The Bertz CT molecular complexity index is 677. The third-order valence-corrected chi connectivity index (χ3v) is 4.37. The summed E-state index contributed by atoms with van der Waals surface area (Å²) in [6.45, 7) is 4.36. The average Bonchev–Trinajstić information content (AvgIpc) is 2.78. The summed E-state index contributed by atoms with van der Waals surface area (Å²) in [5, 5.41) is 0. The second-order valence-corrected chi connectivity index (χ2v) is 6.28. The van der Waals surface area contributed by atoms with Gasteiger partial charge in [0.1, 0.15) is 11.6 Å². The van der Waals surface area contributed by atoms with Crippen LogP contribution in [0.15, 0.2) is 29.1 Å². The third kappa shape index (κ3) is 2.97. The number of aromatic nitrogens is 3. The molecule has 0 N–H and O–H groups in total. The molecular weight excluding hydrogens is 361 g/mol. The monoisotopic (exact) mass is 374 g/mol. The molecule has 3 rings (SSSR count). The number of anilines is 1. The van der Waals surface area contributed by atoms with Crippen LogP contribution in [0.5, 0.6) is 0 Å². The predicted octanol–water partition coefficient (Wildman–Crippen LogP) is 3.50. The molecular formula is C14H14BrF3N4. The number of pyridine rings is 1. The molecule has 1 aliphatic heterocycles. The summed E-state index contributed by atoms with van der Waals surface area (Å²) >= 11 is 3.19. The molecule has 0 amide bonds. The van der Waals surface area contributed by atoms with Gasteiger partial charge in [-0.3, -0.25) is 0 Å². The first kappa shape index (κ1) is 15.3. The molecule has 1 fully saturated rings. The van der Waals surface area contributed by atoms with E-state index in [-0.39, 0.29) is 0 Å². The summed E-state index contributed by atoms with van der Waals surface area (Å²) in [6.07, 6.45) is 0.210. The Morgan fingerprint density at radius 1 is 1.32 bits per heavy atom. The first-order valence-electron chi connectivity index (χ1n) is 6.80. The number of alkyl halides is 3. The molecule has 0 unspecified atom stereocenters. The van der Waals surface area contributed by atoms with Gasteiger partial charge < -0.3 is 9.47 Å². The minimum atomic E-state index is -4.37. The first-order valence-corrected chi connectivity index (χ1v) is 7.59. The van der Waals surface area contributed by atoms with E-state index in [0.29, 0.717) is 16.2 Å². The van der Waals surface area contributed by atoms with Crippen LogP contribution < -0.4 is 4.90 Å². The molecule has 118 valence electrons. The number of imidazole rings is 1. The molecule has 1 saturated heterocycles. The lowest BCUT2D eigenvalue weighted by atomic mass is 10.00. The van der Waals surface area contributed by atoms with Crippen LogP contribution in [0.4, 0.5) is 19.0 Å². The zero-order valence-electron chi connectivity index (χ0n) is 11.8. The predicted molar refractivity (Wildman–Crippen MR) is 79.6 cm³/mol. The molecule has 3 heterocycles. The highest BCUT2D eigenvalue weighted by atomic mass is 79.9. The van der Waals surface area contributed by atoms with Crippen molar-refractivity contribution >= 4 is 21.7 Å². The summed E-state index contributed by atoms with van der Waals surface area (Å²) in [5.41, 5.74) is -0.741. The van der Waals surface area contributed by atoms with Gasteiger partial charge in [0, 0.05) is 44.1 Å². The Morgan fingerprint density at radius 2 is 2.05 bits per heavy atom. The molecule has 0 saturated carbocycles. The summed E-state index contributed by atoms with van der Waals surface area (Å²) in [6, 6.07) is 1.08. The fourth-order valence-corrected chi connectivity index (χ4v) is 3.15. The maximum Gasteiger partial charge on any atom is 0.417 e. The Kier molecular flexibility index (Phi) is 3.88. The van der Waals surface area contributed by atoms with Crippen LogP contribution in [0.25, 0.3) is 0 Å². The van der Waals surface area contributed by atoms with Crippen LogP contribution in [-0.2, 0) is 12.7 Å². The standard InChI is InChI=1S/C14H14BrF3N4/c1-9-19-2-3-21(9)6-10-7-22(8-10)13-12(15)4-11(5-20-13)14(16,17)18/h2-5,10H,6-8H2,1H3. The second kappa shape index (κ2) is 5.57. The van der Waals surface area contributed by atoms with Crippen molar-refractivity contribution in [2.45, 2.75) is 19.6 Å². The number of hydrogen-bond donors (Lipinski definition) is 0. The van der Waals surface area contributed by atoms with E-state index < -0.39 is 11.7 Å². The fraction of sp³-hybridized carbons (Fsp3) is 0.429. The van der Waals surface area contributed by atoms with Gasteiger partial charge in [0.05, 0.1) is 10.0 Å². The van der Waals surface area contributed by atoms with Crippen molar-refractivity contribution in [2.24, 2.45) is 5.92 Å². The average molecular weight is 375 g/mol. The molecule has 22 heavy (non-hydrogen) atoms. The van der Waals surface area contributed by atoms with E-state index in [9.17, 15) is 13.2 Å². The van der Waals surface area contributed by atoms with E-state index in [1.165, 1.54) is 0 Å². The minimum Gasteiger partial charge on any atom is -0.355 e. The van der Waals surface area contributed by atoms with Crippen LogP contribution in [0.1, 0.15) is 11.4 Å². The minimum absolute atomic E-state index is 0.375. The molecule has 0 spiro atoms.